The second-order valence-electron chi connectivity index (χ2n) is 15.0. The van der Waals surface area contributed by atoms with E-state index in [0.29, 0.717) is 46.7 Å². The van der Waals surface area contributed by atoms with E-state index in [9.17, 15) is 28.8 Å². The van der Waals surface area contributed by atoms with E-state index in [1.165, 1.54) is 50.2 Å². The van der Waals surface area contributed by atoms with E-state index in [4.69, 9.17) is 46.4 Å². The number of nitrogens with one attached hydrogen (secondary N) is 4. The Morgan fingerprint density at radius 3 is 1.17 bits per heavy atom. The summed E-state index contributed by atoms with van der Waals surface area (Å²) in [5, 5.41) is 27.2. The van der Waals surface area contributed by atoms with Gasteiger partial charge in [-0.15, -0.1) is 23.2 Å². The van der Waals surface area contributed by atoms with E-state index in [0.717, 1.165) is 11.1 Å². The maximum Gasteiger partial charge on any atom is 0.258 e. The zero-order valence-electron chi connectivity index (χ0n) is 36.7. The molecule has 342 valence electrons. The first-order valence-corrected chi connectivity index (χ1v) is 22.3. The van der Waals surface area contributed by atoms with Gasteiger partial charge in [-0.1, -0.05) is 61.3 Å². The quantitative estimate of drug-likeness (QED) is 0.0382. The summed E-state index contributed by atoms with van der Waals surface area (Å²) in [6.07, 6.45) is 0.788. The van der Waals surface area contributed by atoms with Gasteiger partial charge in [0.1, 0.15) is 11.4 Å². The van der Waals surface area contributed by atoms with Crippen LogP contribution in [0, 0.1) is 0 Å². The van der Waals surface area contributed by atoms with Gasteiger partial charge >= 0.3 is 0 Å². The van der Waals surface area contributed by atoms with Crippen molar-refractivity contribution in [1.29, 1.82) is 0 Å². The first-order chi connectivity index (χ1) is 31.4. The number of carbonyl (C=O) groups excluding carboxylic acids is 6. The summed E-state index contributed by atoms with van der Waals surface area (Å²) in [4.78, 5) is 78.9. The van der Waals surface area contributed by atoms with Crippen LogP contribution in [-0.2, 0) is 32.0 Å². The molecule has 0 heterocycles. The van der Waals surface area contributed by atoms with E-state index in [-0.39, 0.29) is 43.3 Å². The number of amides is 4. The number of nitrogens with zero attached hydrogens (tertiary/aromatic N) is 4. The molecular formula is C48H46Cl4N8O6. The summed E-state index contributed by atoms with van der Waals surface area (Å²) >= 11 is 25.0. The molecule has 66 heavy (non-hydrogen) atoms. The fourth-order valence-corrected chi connectivity index (χ4v) is 7.15. The lowest BCUT2D eigenvalue weighted by Gasteiger charge is -2.20. The summed E-state index contributed by atoms with van der Waals surface area (Å²) in [5.74, 6) is -3.70. The highest BCUT2D eigenvalue weighted by Gasteiger charge is 2.27. The number of benzene rings is 5. The number of ketones is 2. The van der Waals surface area contributed by atoms with Gasteiger partial charge in [0.05, 0.1) is 20.8 Å². The molecule has 0 spiro atoms. The lowest BCUT2D eigenvalue weighted by Crippen LogP contribution is -2.33. The first kappa shape index (κ1) is 50.7. The van der Waals surface area contributed by atoms with Crippen LogP contribution in [0.5, 0.6) is 0 Å². The number of halogens is 4. The van der Waals surface area contributed by atoms with Crippen molar-refractivity contribution in [1.82, 2.24) is 0 Å². The Morgan fingerprint density at radius 1 is 0.515 bits per heavy atom. The predicted octanol–water partition coefficient (Wildman–Crippen LogP) is 12.6. The van der Waals surface area contributed by atoms with E-state index >= 15 is 0 Å². The molecule has 0 saturated carbocycles. The molecule has 0 saturated heterocycles. The number of hydrogen-bond acceptors (Lipinski definition) is 10. The Kier molecular flexibility index (Phi) is 17.8. The zero-order chi connectivity index (χ0) is 48.2. The Morgan fingerprint density at radius 2 is 0.864 bits per heavy atom. The lowest BCUT2D eigenvalue weighted by molar-refractivity contribution is -0.127. The highest BCUT2D eigenvalue weighted by molar-refractivity contribution is 6.33. The maximum atomic E-state index is 13.6. The summed E-state index contributed by atoms with van der Waals surface area (Å²) in [6.45, 7) is 9.76. The molecule has 0 radical (unpaired) electrons. The second-order valence-corrected chi connectivity index (χ2v) is 17.1. The second kappa shape index (κ2) is 23.2. The molecule has 0 fully saturated rings. The summed E-state index contributed by atoms with van der Waals surface area (Å²) in [7, 11) is 0. The Balaban J connectivity index is 1.29. The average Bonchev–Trinajstić information content (AvgIpc) is 3.27. The Bertz CT molecular complexity index is 2520. The Hall–Kier alpha value is -6.32. The third-order valence-electron chi connectivity index (χ3n) is 10.2. The number of azo groups is 2. The fourth-order valence-electron chi connectivity index (χ4n) is 6.54. The minimum atomic E-state index is -1.58. The van der Waals surface area contributed by atoms with Crippen molar-refractivity contribution >= 4 is 116 Å². The van der Waals surface area contributed by atoms with Crippen molar-refractivity contribution in [3.63, 3.8) is 0 Å². The van der Waals surface area contributed by atoms with Crippen LogP contribution in [0.2, 0.25) is 10.0 Å². The van der Waals surface area contributed by atoms with Gasteiger partial charge in [-0.25, -0.2) is 0 Å². The molecule has 4 N–H and O–H groups in total. The van der Waals surface area contributed by atoms with Gasteiger partial charge in [-0.05, 0) is 136 Å². The smallest absolute Gasteiger partial charge is 0.258 e. The molecule has 5 aromatic carbocycles. The highest BCUT2D eigenvalue weighted by atomic mass is 35.5. The molecule has 4 atom stereocenters. The Labute approximate surface area is 402 Å². The van der Waals surface area contributed by atoms with Gasteiger partial charge in [0.2, 0.25) is 12.1 Å². The minimum absolute atomic E-state index is 0.0558. The molecule has 5 aromatic rings. The zero-order valence-corrected chi connectivity index (χ0v) is 39.7. The fraction of sp³-hybridized carbons (Fsp3) is 0.250. The van der Waals surface area contributed by atoms with Crippen LogP contribution >= 0.6 is 46.4 Å². The van der Waals surface area contributed by atoms with Crippen molar-refractivity contribution in [3.05, 3.63) is 140 Å². The van der Waals surface area contributed by atoms with Crippen LogP contribution in [-0.4, -0.2) is 47.3 Å². The standard InChI is InChI=1S/C48H46Cl4N8O6/c1-7-35-36(8-2)40(56-48(66)44(28(6)62)60-58-42-24-32(14-20-38(42)52)46(64)54-34-17-11-30(12-18-34)26(4)50)22-21-39(35)55-47(65)43(27(5)61)59-57-41-23-31(13-19-37(41)51)45(63)53-33-15-9-29(10-16-33)25(3)49/h9-26,43-44H,7-8H2,1-6H3,(H,53,63)(H,54,64)(H,55,65)(H,56,66). The SMILES string of the molecule is CCc1c(NC(=O)C(N=Nc2cc(C(=O)Nc3ccc(C(C)Cl)cc3)ccc2Cl)C(C)=O)ccc(NC(=O)C(N=Nc2cc(C(=O)Nc3ccc(C(C)Cl)cc3)ccc2Cl)C(C)=O)c1CC. The summed E-state index contributed by atoms with van der Waals surface area (Å²) < 4.78 is 0. The number of anilines is 4. The van der Waals surface area contributed by atoms with Crippen LogP contribution in [0.1, 0.15) is 95.3 Å². The summed E-state index contributed by atoms with van der Waals surface area (Å²) in [5.41, 5.74) is 5.37. The van der Waals surface area contributed by atoms with Crippen LogP contribution in [0.4, 0.5) is 34.1 Å². The molecule has 0 bridgehead atoms. The van der Waals surface area contributed by atoms with Gasteiger partial charge in [-0.3, -0.25) is 28.8 Å². The van der Waals surface area contributed by atoms with E-state index < -0.39 is 47.3 Å². The molecule has 4 unspecified atom stereocenters. The van der Waals surface area contributed by atoms with E-state index in [1.807, 2.05) is 27.7 Å². The minimum Gasteiger partial charge on any atom is -0.323 e. The number of hydrogen-bond donors (Lipinski definition) is 4. The van der Waals surface area contributed by atoms with Crippen LogP contribution in [0.15, 0.2) is 118 Å². The molecular weight excluding hydrogens is 926 g/mol. The highest BCUT2D eigenvalue weighted by Crippen LogP contribution is 2.32. The van der Waals surface area contributed by atoms with Crippen molar-refractivity contribution in [2.45, 2.75) is 77.2 Å². The molecule has 0 aliphatic rings. The van der Waals surface area contributed by atoms with E-state index in [1.54, 1.807) is 60.7 Å². The molecule has 0 aliphatic heterocycles. The molecule has 4 amide bonds. The maximum absolute atomic E-state index is 13.6. The first-order valence-electron chi connectivity index (χ1n) is 20.7. The average molecular weight is 973 g/mol. The van der Waals surface area contributed by atoms with Crippen molar-refractivity contribution in [2.75, 3.05) is 21.3 Å². The van der Waals surface area contributed by atoms with Gasteiger partial charge in [-0.2, -0.15) is 20.5 Å². The monoisotopic (exact) mass is 970 g/mol. The molecule has 14 nitrogen and oxygen atoms in total. The predicted molar refractivity (Wildman–Crippen MR) is 261 cm³/mol. The van der Waals surface area contributed by atoms with Gasteiger partial charge < -0.3 is 21.3 Å². The lowest BCUT2D eigenvalue weighted by atomic mass is 9.98. The van der Waals surface area contributed by atoms with Gasteiger partial charge in [0, 0.05) is 33.9 Å². The van der Waals surface area contributed by atoms with Crippen molar-refractivity contribution < 1.29 is 28.8 Å². The molecule has 18 heteroatoms. The third kappa shape index (κ3) is 13.2. The van der Waals surface area contributed by atoms with Crippen LogP contribution in [0.25, 0.3) is 0 Å². The largest absolute Gasteiger partial charge is 0.323 e. The number of alkyl halides is 2. The summed E-state index contributed by atoms with van der Waals surface area (Å²) in [6, 6.07) is 22.7. The molecule has 5 rings (SSSR count). The topological polar surface area (TPSA) is 200 Å². The normalized spacial score (nSPS) is 13.1. The van der Waals surface area contributed by atoms with Gasteiger partial charge in [0.15, 0.2) is 11.6 Å². The van der Waals surface area contributed by atoms with Gasteiger partial charge in [0.25, 0.3) is 23.6 Å². The number of Topliss-reactive ketones (excluding diaryl/α,β-unsaturated/α-hetero) is 2. The van der Waals surface area contributed by atoms with Crippen molar-refractivity contribution in [3.8, 4) is 0 Å². The van der Waals surface area contributed by atoms with Crippen molar-refractivity contribution in [2.24, 2.45) is 20.5 Å². The van der Waals surface area contributed by atoms with Crippen LogP contribution < -0.4 is 21.3 Å². The van der Waals surface area contributed by atoms with Crippen LogP contribution in [0.3, 0.4) is 0 Å². The molecule has 0 aliphatic carbocycles. The van der Waals surface area contributed by atoms with E-state index in [2.05, 4.69) is 41.7 Å². The number of carbonyl (C=O) groups is 6. The molecule has 0 aromatic heterocycles. The third-order valence-corrected chi connectivity index (χ3v) is 11.3. The number of rotatable bonds is 18.